The van der Waals surface area contributed by atoms with Gasteiger partial charge in [0.2, 0.25) is 0 Å². The highest BCUT2D eigenvalue weighted by Gasteiger charge is 2.24. The van der Waals surface area contributed by atoms with Crippen molar-refractivity contribution in [2.24, 2.45) is 0 Å². The maximum atomic E-state index is 12.0. The topological polar surface area (TPSA) is 90.0 Å². The summed E-state index contributed by atoms with van der Waals surface area (Å²) in [6.45, 7) is 0. The number of rotatable bonds is 2. The van der Waals surface area contributed by atoms with Crippen molar-refractivity contribution in [2.75, 3.05) is 35.2 Å². The van der Waals surface area contributed by atoms with E-state index < -0.39 is 23.9 Å². The number of halogens is 4. The van der Waals surface area contributed by atoms with Crippen molar-refractivity contribution in [1.82, 2.24) is 20.0 Å². The van der Waals surface area contributed by atoms with Crippen LogP contribution in [0, 0.1) is 0 Å². The van der Waals surface area contributed by atoms with E-state index in [0.717, 1.165) is 4.90 Å². The molecule has 6 amide bonds. The Bertz CT molecular complexity index is 1020. The predicted molar refractivity (Wildman–Crippen MR) is 131 cm³/mol. The van der Waals surface area contributed by atoms with E-state index in [1.165, 1.54) is 43.1 Å². The second kappa shape index (κ2) is 12.6. The van der Waals surface area contributed by atoms with Crippen LogP contribution in [-0.2, 0) is 0 Å². The van der Waals surface area contributed by atoms with Crippen molar-refractivity contribution < 1.29 is 19.2 Å². The van der Waals surface area contributed by atoms with Gasteiger partial charge in [0, 0.05) is 35.2 Å². The van der Waals surface area contributed by atoms with E-state index in [1.54, 1.807) is 38.4 Å². The molecule has 33 heavy (non-hydrogen) atoms. The van der Waals surface area contributed by atoms with Crippen molar-refractivity contribution in [3.8, 4) is 0 Å². The van der Waals surface area contributed by atoms with Crippen molar-refractivity contribution in [3.63, 3.8) is 0 Å². The molecular weight excluding hydrogens is 514 g/mol. The number of urea groups is 2. The summed E-state index contributed by atoms with van der Waals surface area (Å²) in [6, 6.07) is 8.45. The van der Waals surface area contributed by atoms with E-state index in [-0.39, 0.29) is 31.2 Å². The molecule has 0 spiro atoms. The van der Waals surface area contributed by atoms with E-state index in [2.05, 4.69) is 5.32 Å². The van der Waals surface area contributed by atoms with E-state index in [4.69, 9.17) is 46.4 Å². The Morgan fingerprint density at radius 1 is 0.667 bits per heavy atom. The Hall–Kier alpha value is -2.52. The van der Waals surface area contributed by atoms with Gasteiger partial charge < -0.3 is 9.80 Å². The fourth-order valence-corrected chi connectivity index (χ4v) is 3.37. The van der Waals surface area contributed by atoms with Crippen LogP contribution < -0.4 is 5.32 Å². The van der Waals surface area contributed by atoms with E-state index in [0.29, 0.717) is 0 Å². The third kappa shape index (κ3) is 7.78. The molecule has 0 aliphatic heterocycles. The summed E-state index contributed by atoms with van der Waals surface area (Å²) < 4.78 is 0. The number of hydrogen-bond donors (Lipinski definition) is 1. The monoisotopic (exact) mass is 534 g/mol. The zero-order chi connectivity index (χ0) is 25.5. The lowest BCUT2D eigenvalue weighted by atomic mass is 10.2. The van der Waals surface area contributed by atoms with E-state index in [1.807, 2.05) is 0 Å². The number of nitrogens with zero attached hydrogens (tertiary/aromatic N) is 3. The van der Waals surface area contributed by atoms with Crippen LogP contribution in [0.3, 0.4) is 0 Å². The highest BCUT2D eigenvalue weighted by atomic mass is 35.5. The first-order valence-electron chi connectivity index (χ1n) is 9.19. The lowest BCUT2D eigenvalue weighted by molar-refractivity contribution is 0.0809. The number of carbonyl (C=O) groups is 4. The van der Waals surface area contributed by atoms with Gasteiger partial charge in [0.15, 0.2) is 0 Å². The standard InChI is InChI=1S/C11H12Cl2N2O2.C10H10Cl2N2O2/c1-14(2)11(17)15(3)10(16)9-7(12)5-4-6-8(9)13;1-14(2)10(16)13-9(15)8-6(11)4-3-5-7(8)12/h4-6H,1-3H3;3-5H,1-2H3,(H,13,15,16). The zero-order valence-corrected chi connectivity index (χ0v) is 21.5. The number of amides is 6. The van der Waals surface area contributed by atoms with Crippen molar-refractivity contribution in [3.05, 3.63) is 67.6 Å². The van der Waals surface area contributed by atoms with Gasteiger partial charge in [0.05, 0.1) is 31.2 Å². The van der Waals surface area contributed by atoms with Crippen molar-refractivity contribution in [1.29, 1.82) is 0 Å². The summed E-state index contributed by atoms with van der Waals surface area (Å²) in [4.78, 5) is 50.1. The first-order valence-corrected chi connectivity index (χ1v) is 10.7. The molecule has 2 rings (SSSR count). The fraction of sp³-hybridized carbons (Fsp3) is 0.238. The van der Waals surface area contributed by atoms with Gasteiger partial charge in [0.1, 0.15) is 0 Å². The van der Waals surface area contributed by atoms with Crippen LogP contribution in [0.2, 0.25) is 20.1 Å². The van der Waals surface area contributed by atoms with E-state index in [9.17, 15) is 19.2 Å². The van der Waals surface area contributed by atoms with Gasteiger partial charge in [-0.1, -0.05) is 58.5 Å². The summed E-state index contributed by atoms with van der Waals surface area (Å²) in [6.07, 6.45) is 0. The SMILES string of the molecule is CN(C)C(=O)N(C)C(=O)c1c(Cl)cccc1Cl.CN(C)C(=O)NC(=O)c1c(Cl)cccc1Cl. The number of nitrogens with one attached hydrogen (secondary N) is 1. The molecule has 2 aromatic rings. The third-order valence-electron chi connectivity index (χ3n) is 3.97. The summed E-state index contributed by atoms with van der Waals surface area (Å²) in [7, 11) is 7.54. The number of imide groups is 2. The van der Waals surface area contributed by atoms with Gasteiger partial charge in [-0.05, 0) is 24.3 Å². The molecule has 0 fully saturated rings. The maximum Gasteiger partial charge on any atom is 0.326 e. The number of benzene rings is 2. The molecule has 2 aromatic carbocycles. The van der Waals surface area contributed by atoms with Crippen LogP contribution in [0.25, 0.3) is 0 Å². The lowest BCUT2D eigenvalue weighted by Gasteiger charge is -2.20. The highest BCUT2D eigenvalue weighted by molar-refractivity contribution is 6.40. The number of carbonyl (C=O) groups excluding carboxylic acids is 4. The smallest absolute Gasteiger partial charge is 0.326 e. The predicted octanol–water partition coefficient (Wildman–Crippen LogP) is 5.15. The fourth-order valence-electron chi connectivity index (χ4n) is 2.24. The second-order valence-corrected chi connectivity index (χ2v) is 8.52. The summed E-state index contributed by atoms with van der Waals surface area (Å²) in [5.41, 5.74) is 0.231. The number of hydrogen-bond acceptors (Lipinski definition) is 4. The molecule has 178 valence electrons. The van der Waals surface area contributed by atoms with Gasteiger partial charge in [0.25, 0.3) is 11.8 Å². The Kier molecular flexibility index (Phi) is 10.9. The van der Waals surface area contributed by atoms with Crippen LogP contribution in [0.4, 0.5) is 9.59 Å². The highest BCUT2D eigenvalue weighted by Crippen LogP contribution is 2.26. The molecule has 1 N–H and O–H groups in total. The Morgan fingerprint density at radius 3 is 1.42 bits per heavy atom. The molecule has 0 aliphatic rings. The molecule has 0 aliphatic carbocycles. The molecule has 12 heteroatoms. The molecular formula is C21H22Cl4N4O4. The largest absolute Gasteiger partial charge is 0.331 e. The van der Waals surface area contributed by atoms with Gasteiger partial charge in [-0.15, -0.1) is 0 Å². The normalized spacial score (nSPS) is 9.85. The average molecular weight is 536 g/mol. The minimum Gasteiger partial charge on any atom is -0.331 e. The third-order valence-corrected chi connectivity index (χ3v) is 5.23. The molecule has 0 saturated heterocycles. The van der Waals surface area contributed by atoms with Gasteiger partial charge in [-0.25, -0.2) is 9.59 Å². The summed E-state index contributed by atoms with van der Waals surface area (Å²) in [5.74, 6) is -1.14. The van der Waals surface area contributed by atoms with E-state index >= 15 is 0 Å². The molecule has 0 saturated carbocycles. The summed E-state index contributed by atoms with van der Waals surface area (Å²) >= 11 is 23.4. The van der Waals surface area contributed by atoms with Crippen molar-refractivity contribution >= 4 is 70.3 Å². The Balaban J connectivity index is 0.000000331. The van der Waals surface area contributed by atoms with Crippen molar-refractivity contribution in [2.45, 2.75) is 0 Å². The second-order valence-electron chi connectivity index (χ2n) is 6.89. The van der Waals surface area contributed by atoms with Crippen LogP contribution in [0.15, 0.2) is 36.4 Å². The maximum absolute atomic E-state index is 12.0. The lowest BCUT2D eigenvalue weighted by Crippen LogP contribution is -2.40. The molecule has 0 bridgehead atoms. The Morgan fingerprint density at radius 2 is 1.06 bits per heavy atom. The average Bonchev–Trinajstić information content (AvgIpc) is 2.72. The van der Waals surface area contributed by atoms with Gasteiger partial charge in [-0.3, -0.25) is 19.8 Å². The molecule has 0 atom stereocenters. The molecule has 0 aromatic heterocycles. The van der Waals surface area contributed by atoms with Gasteiger partial charge in [-0.2, -0.15) is 0 Å². The van der Waals surface area contributed by atoms with Gasteiger partial charge >= 0.3 is 12.1 Å². The van der Waals surface area contributed by atoms with Crippen LogP contribution in [0.1, 0.15) is 20.7 Å². The quantitative estimate of drug-likeness (QED) is 0.575. The first kappa shape index (κ1) is 28.5. The Labute approximate surface area is 211 Å². The zero-order valence-electron chi connectivity index (χ0n) is 18.5. The minimum atomic E-state index is -0.616. The van der Waals surface area contributed by atoms with Crippen LogP contribution in [0.5, 0.6) is 0 Å². The first-order chi connectivity index (χ1) is 15.3. The molecule has 0 unspecified atom stereocenters. The summed E-state index contributed by atoms with van der Waals surface area (Å²) in [5, 5.41) is 3.01. The van der Waals surface area contributed by atoms with Crippen LogP contribution in [-0.4, -0.2) is 73.8 Å². The van der Waals surface area contributed by atoms with Crippen LogP contribution >= 0.6 is 46.4 Å². The molecule has 0 radical (unpaired) electrons. The minimum absolute atomic E-state index is 0.0982. The molecule has 8 nitrogen and oxygen atoms in total. The molecule has 0 heterocycles.